The van der Waals surface area contributed by atoms with Gasteiger partial charge in [-0.15, -0.1) is 37.2 Å². The molecule has 0 aliphatic carbocycles. The van der Waals surface area contributed by atoms with Gasteiger partial charge in [0.05, 0.1) is 0 Å². The quantitative estimate of drug-likeness (QED) is 0.617. The minimum atomic E-state index is -3.30. The summed E-state index contributed by atoms with van der Waals surface area (Å²) >= 11 is -3.30. The Kier molecular flexibility index (Phi) is 14.0. The van der Waals surface area contributed by atoms with Crippen LogP contribution in [0.1, 0.15) is 0 Å². The Bertz CT molecular complexity index is 208. The third-order valence-electron chi connectivity index (χ3n) is 1.10. The predicted molar refractivity (Wildman–Crippen MR) is 71.1 cm³/mol. The third-order valence-corrected chi connectivity index (χ3v) is 8.31. The van der Waals surface area contributed by atoms with Gasteiger partial charge in [-0.2, -0.15) is 0 Å². The van der Waals surface area contributed by atoms with Crippen molar-refractivity contribution in [2.75, 3.05) is 0 Å². The van der Waals surface area contributed by atoms with E-state index in [1.165, 1.54) is 0 Å². The summed E-state index contributed by atoms with van der Waals surface area (Å²) in [6, 6.07) is 9.40. The van der Waals surface area contributed by atoms with Gasteiger partial charge >= 0.3 is 75.7 Å². The van der Waals surface area contributed by atoms with Crippen LogP contribution >= 0.6 is 64.0 Å². The van der Waals surface area contributed by atoms with Crippen LogP contribution in [0.4, 0.5) is 0 Å². The van der Waals surface area contributed by atoms with Crippen molar-refractivity contribution in [1.82, 2.24) is 0 Å². The molecular weight excluding hydrogens is 403 g/mol. The summed E-state index contributed by atoms with van der Waals surface area (Å²) in [6.45, 7) is 0. The van der Waals surface area contributed by atoms with E-state index in [1.54, 1.807) is 0 Å². The molecule has 1 aromatic carbocycles. The summed E-state index contributed by atoms with van der Waals surface area (Å²) < 4.78 is 0.904. The molecule has 0 nitrogen and oxygen atoms in total. The molecule has 0 atom stereocenters. The molecular formula is C6H8Cl6Sn. The topological polar surface area (TPSA) is 0 Å². The first-order valence-corrected chi connectivity index (χ1v) is 15.0. The van der Waals surface area contributed by atoms with Gasteiger partial charge in [-0.05, 0) is 0 Å². The molecule has 78 valence electrons. The zero-order valence-corrected chi connectivity index (χ0v) is 13.8. The summed E-state index contributed by atoms with van der Waals surface area (Å²) in [5.74, 6) is 0. The van der Waals surface area contributed by atoms with Crippen molar-refractivity contribution in [3.63, 3.8) is 0 Å². The van der Waals surface area contributed by atoms with Crippen molar-refractivity contribution < 1.29 is 0 Å². The van der Waals surface area contributed by atoms with Crippen LogP contribution in [0, 0.1) is 0 Å². The Morgan fingerprint density at radius 2 is 1.15 bits per heavy atom. The molecule has 0 spiro atoms. The van der Waals surface area contributed by atoms with E-state index in [0.29, 0.717) is 0 Å². The predicted octanol–water partition coefficient (Wildman–Crippen LogP) is 3.81. The van der Waals surface area contributed by atoms with Crippen LogP contribution in [0.5, 0.6) is 0 Å². The summed E-state index contributed by atoms with van der Waals surface area (Å²) in [5, 5.41) is 0. The van der Waals surface area contributed by atoms with E-state index >= 15 is 0 Å². The molecule has 0 N–H and O–H groups in total. The van der Waals surface area contributed by atoms with Crippen LogP contribution in [-0.4, -0.2) is 15.0 Å². The molecule has 13 heavy (non-hydrogen) atoms. The second kappa shape index (κ2) is 9.02. The third kappa shape index (κ3) is 7.66. The van der Waals surface area contributed by atoms with Gasteiger partial charge < -0.3 is 0 Å². The van der Waals surface area contributed by atoms with Crippen LogP contribution in [0.3, 0.4) is 0 Å². The normalized spacial score (nSPS) is 8.85. The molecule has 1 rings (SSSR count). The summed E-state index contributed by atoms with van der Waals surface area (Å²) in [5.41, 5.74) is 0. The number of hydrogen-bond donors (Lipinski definition) is 0. The molecule has 0 bridgehead atoms. The molecule has 0 saturated heterocycles. The van der Waals surface area contributed by atoms with Gasteiger partial charge in [-0.3, -0.25) is 0 Å². The first-order valence-electron chi connectivity index (χ1n) is 2.73. The van der Waals surface area contributed by atoms with E-state index in [1.807, 2.05) is 30.3 Å². The molecule has 0 aromatic heterocycles. The van der Waals surface area contributed by atoms with Crippen molar-refractivity contribution in [2.24, 2.45) is 0 Å². The van der Waals surface area contributed by atoms with Gasteiger partial charge in [0.25, 0.3) is 0 Å². The van der Waals surface area contributed by atoms with Crippen LogP contribution < -0.4 is 3.58 Å². The fraction of sp³-hybridized carbons (Fsp3) is 0. The van der Waals surface area contributed by atoms with Gasteiger partial charge in [0.2, 0.25) is 0 Å². The van der Waals surface area contributed by atoms with E-state index in [2.05, 4.69) is 0 Å². The van der Waals surface area contributed by atoms with Gasteiger partial charge in [0.15, 0.2) is 0 Å². The number of rotatable bonds is 1. The molecule has 0 unspecified atom stereocenters. The van der Waals surface area contributed by atoms with Crippen LogP contribution in [0.2, 0.25) is 0 Å². The molecule has 7 heteroatoms. The molecule has 0 saturated carbocycles. The Balaban J connectivity index is -0.000000333. The number of halogens is 6. The molecule has 1 aromatic rings. The van der Waals surface area contributed by atoms with Crippen molar-refractivity contribution in [3.8, 4) is 0 Å². The van der Waals surface area contributed by atoms with Crippen LogP contribution in [0.15, 0.2) is 30.3 Å². The van der Waals surface area contributed by atoms with Gasteiger partial charge in [0.1, 0.15) is 0 Å². The Hall–Kier alpha value is 1.76. The Labute approximate surface area is 112 Å². The Morgan fingerprint density at radius 1 is 0.769 bits per heavy atom. The molecule has 0 aliphatic rings. The fourth-order valence-corrected chi connectivity index (χ4v) is 4.79. The molecule has 0 radical (unpaired) electrons. The summed E-state index contributed by atoms with van der Waals surface area (Å²) in [4.78, 5) is 0. The van der Waals surface area contributed by atoms with Crippen molar-refractivity contribution in [3.05, 3.63) is 30.3 Å². The maximum absolute atomic E-state index is 5.80. The second-order valence-electron chi connectivity index (χ2n) is 1.86. The Morgan fingerprint density at radius 3 is 1.38 bits per heavy atom. The summed E-state index contributed by atoms with van der Waals surface area (Å²) in [7, 11) is 17.4. The van der Waals surface area contributed by atoms with E-state index < -0.39 is 15.0 Å². The zero-order valence-electron chi connectivity index (χ0n) is 6.25. The van der Waals surface area contributed by atoms with Crippen molar-refractivity contribution >= 4 is 82.6 Å². The van der Waals surface area contributed by atoms with E-state index in [9.17, 15) is 0 Å². The molecule has 0 amide bonds. The summed E-state index contributed by atoms with van der Waals surface area (Å²) in [6.07, 6.45) is 0. The molecule has 0 fully saturated rings. The average molecular weight is 412 g/mol. The number of hydrogen-bond acceptors (Lipinski definition) is 0. The van der Waals surface area contributed by atoms with Crippen molar-refractivity contribution in [2.45, 2.75) is 0 Å². The number of benzene rings is 1. The van der Waals surface area contributed by atoms with Crippen LogP contribution in [0.25, 0.3) is 0 Å². The van der Waals surface area contributed by atoms with Crippen LogP contribution in [-0.2, 0) is 0 Å². The van der Waals surface area contributed by atoms with E-state index in [-0.39, 0.29) is 37.2 Å². The second-order valence-corrected chi connectivity index (χ2v) is 21.7. The standard InChI is InChI=1S/C6H5.6ClH.Sn/c1-2-4-6-5-3-1;;;;;;;/h1-5H;6*1H;/q;;;;;;;+3/p-3. The van der Waals surface area contributed by atoms with E-state index in [4.69, 9.17) is 26.8 Å². The van der Waals surface area contributed by atoms with Gasteiger partial charge in [-0.25, -0.2) is 0 Å². The average Bonchev–Trinajstić information content (AvgIpc) is 1.88. The van der Waals surface area contributed by atoms with Gasteiger partial charge in [0, 0.05) is 0 Å². The van der Waals surface area contributed by atoms with Gasteiger partial charge in [-0.1, -0.05) is 0 Å². The SMILES string of the molecule is Cl.Cl.Cl.[Cl][Sn]([Cl])([Cl])[c]1ccccc1. The van der Waals surface area contributed by atoms with Crippen molar-refractivity contribution in [1.29, 1.82) is 0 Å². The zero-order chi connectivity index (χ0) is 7.61. The molecule has 0 heterocycles. The minimum absolute atomic E-state index is 0. The fourth-order valence-electron chi connectivity index (χ4n) is 0.627. The molecule has 0 aliphatic heterocycles. The maximum atomic E-state index is 5.80. The first-order chi connectivity index (χ1) is 4.61. The van der Waals surface area contributed by atoms with E-state index in [0.717, 1.165) is 3.58 Å². The first kappa shape index (κ1) is 20.2. The monoisotopic (exact) mass is 410 g/mol.